The van der Waals surface area contributed by atoms with Gasteiger partial charge in [0.25, 0.3) is 0 Å². The number of hydrogen-bond donors (Lipinski definition) is 0. The molecule has 0 spiro atoms. The summed E-state index contributed by atoms with van der Waals surface area (Å²) in [4.78, 5) is 12.7. The molecule has 1 fully saturated rings. The molecule has 5 heteroatoms. The number of Topliss-reactive ketones (excluding diaryl/α,β-unsaturated/α-hetero) is 1. The second kappa shape index (κ2) is 6.48. The van der Waals surface area contributed by atoms with Crippen LogP contribution in [0.1, 0.15) is 59.9 Å². The lowest BCUT2D eigenvalue weighted by molar-refractivity contribution is 0.0993. The third-order valence-electron chi connectivity index (χ3n) is 4.45. The van der Waals surface area contributed by atoms with E-state index in [4.69, 9.17) is 0 Å². The van der Waals surface area contributed by atoms with Crippen molar-refractivity contribution < 1.29 is 4.79 Å². The molecule has 0 bridgehead atoms. The number of benzene rings is 1. The number of hydrogen-bond acceptors (Lipinski definition) is 4. The number of nitrogens with zero attached hydrogens (tertiary/aromatic N) is 3. The van der Waals surface area contributed by atoms with Gasteiger partial charge < -0.3 is 4.57 Å². The molecule has 23 heavy (non-hydrogen) atoms. The van der Waals surface area contributed by atoms with Crippen molar-refractivity contribution in [3.63, 3.8) is 0 Å². The summed E-state index contributed by atoms with van der Waals surface area (Å²) in [5.74, 6) is 1.81. The van der Waals surface area contributed by atoms with Crippen molar-refractivity contribution in [1.82, 2.24) is 14.8 Å². The van der Waals surface area contributed by atoms with E-state index in [1.165, 1.54) is 30.2 Å². The molecular weight excluding hydrogens is 306 g/mol. The lowest BCUT2D eigenvalue weighted by Crippen LogP contribution is -2.15. The molecule has 4 nitrogen and oxygen atoms in total. The van der Waals surface area contributed by atoms with Gasteiger partial charge in [-0.05, 0) is 57.7 Å². The van der Waals surface area contributed by atoms with Gasteiger partial charge in [-0.25, -0.2) is 0 Å². The predicted octanol–water partition coefficient (Wildman–Crippen LogP) is 4.16. The first-order valence-corrected chi connectivity index (χ1v) is 9.10. The molecule has 2 aromatic rings. The molecule has 1 aromatic heterocycles. The summed E-state index contributed by atoms with van der Waals surface area (Å²) < 4.78 is 2.16. The molecule has 1 atom stereocenters. The summed E-state index contributed by atoms with van der Waals surface area (Å²) in [6.07, 6.45) is 2.42. The van der Waals surface area contributed by atoms with Gasteiger partial charge in [0.2, 0.25) is 0 Å². The molecule has 1 unspecified atom stereocenters. The molecule has 1 aromatic carbocycles. The Bertz CT molecular complexity index is 734. The Labute approximate surface area is 141 Å². The molecule has 1 aliphatic carbocycles. The van der Waals surface area contributed by atoms with E-state index in [-0.39, 0.29) is 11.0 Å². The lowest BCUT2D eigenvalue weighted by Gasteiger charge is -2.12. The molecular formula is C18H23N3OS. The molecule has 122 valence electrons. The molecule has 0 amide bonds. The average molecular weight is 329 g/mol. The van der Waals surface area contributed by atoms with Crippen LogP contribution in [0.3, 0.4) is 0 Å². The third-order valence-corrected chi connectivity index (χ3v) is 5.53. The van der Waals surface area contributed by atoms with Gasteiger partial charge in [0.1, 0.15) is 5.82 Å². The molecule has 0 saturated heterocycles. The van der Waals surface area contributed by atoms with E-state index in [0.717, 1.165) is 28.7 Å². The summed E-state index contributed by atoms with van der Waals surface area (Å²) in [7, 11) is 0. The standard InChI is InChI=1S/C18H23N3OS/c1-5-21-17(14-8-9-14)19-20-18(21)23-13(4)16(22)15-7-6-11(2)12(3)10-15/h6-7,10,13-14H,5,8-9H2,1-4H3. The van der Waals surface area contributed by atoms with E-state index in [2.05, 4.69) is 28.6 Å². The second-order valence-corrected chi connectivity index (χ2v) is 7.59. The molecule has 0 aliphatic heterocycles. The van der Waals surface area contributed by atoms with Crippen LogP contribution < -0.4 is 0 Å². The van der Waals surface area contributed by atoms with Gasteiger partial charge in [-0.1, -0.05) is 23.9 Å². The maximum absolute atomic E-state index is 12.7. The van der Waals surface area contributed by atoms with Crippen molar-refractivity contribution in [1.29, 1.82) is 0 Å². The van der Waals surface area contributed by atoms with Crippen molar-refractivity contribution in [2.24, 2.45) is 0 Å². The quantitative estimate of drug-likeness (QED) is 0.590. The van der Waals surface area contributed by atoms with Crippen molar-refractivity contribution in [3.8, 4) is 0 Å². The SMILES string of the molecule is CCn1c(SC(C)C(=O)c2ccc(C)c(C)c2)nnc1C1CC1. The fraction of sp³-hybridized carbons (Fsp3) is 0.500. The lowest BCUT2D eigenvalue weighted by atomic mass is 10.0. The minimum absolute atomic E-state index is 0.150. The van der Waals surface area contributed by atoms with Crippen LogP contribution in [0.4, 0.5) is 0 Å². The molecule has 1 heterocycles. The highest BCUT2D eigenvalue weighted by atomic mass is 32.2. The molecule has 1 saturated carbocycles. The van der Waals surface area contributed by atoms with Crippen LogP contribution in [-0.2, 0) is 6.54 Å². The number of carbonyl (C=O) groups excluding carboxylic acids is 1. The summed E-state index contributed by atoms with van der Waals surface area (Å²) >= 11 is 1.51. The normalized spacial score (nSPS) is 15.7. The Hall–Kier alpha value is -1.62. The zero-order valence-corrected chi connectivity index (χ0v) is 15.0. The van der Waals surface area contributed by atoms with Crippen molar-refractivity contribution >= 4 is 17.5 Å². The Morgan fingerprint density at radius 3 is 2.65 bits per heavy atom. The number of aromatic nitrogens is 3. The molecule has 0 N–H and O–H groups in total. The Balaban J connectivity index is 1.77. The van der Waals surface area contributed by atoms with E-state index in [0.29, 0.717) is 5.92 Å². The van der Waals surface area contributed by atoms with Gasteiger partial charge in [-0.15, -0.1) is 10.2 Å². The highest BCUT2D eigenvalue weighted by Gasteiger charge is 2.30. The number of rotatable bonds is 6. The predicted molar refractivity (Wildman–Crippen MR) is 93.2 cm³/mol. The molecule has 0 radical (unpaired) electrons. The Morgan fingerprint density at radius 2 is 2.04 bits per heavy atom. The van der Waals surface area contributed by atoms with E-state index in [9.17, 15) is 4.79 Å². The van der Waals surface area contributed by atoms with Crippen LogP contribution in [0.15, 0.2) is 23.4 Å². The highest BCUT2D eigenvalue weighted by molar-refractivity contribution is 8.00. The van der Waals surface area contributed by atoms with Crippen LogP contribution in [-0.4, -0.2) is 25.8 Å². The fourth-order valence-electron chi connectivity index (χ4n) is 2.67. The van der Waals surface area contributed by atoms with Crippen LogP contribution in [0, 0.1) is 13.8 Å². The van der Waals surface area contributed by atoms with Crippen LogP contribution in [0.2, 0.25) is 0 Å². The van der Waals surface area contributed by atoms with Crippen molar-refractivity contribution in [2.45, 2.75) is 63.4 Å². The van der Waals surface area contributed by atoms with Crippen molar-refractivity contribution in [2.75, 3.05) is 0 Å². The number of thioether (sulfide) groups is 1. The van der Waals surface area contributed by atoms with Gasteiger partial charge in [0, 0.05) is 18.0 Å². The maximum Gasteiger partial charge on any atom is 0.191 e. The average Bonchev–Trinajstić information content (AvgIpc) is 3.30. The largest absolute Gasteiger partial charge is 0.306 e. The van der Waals surface area contributed by atoms with E-state index >= 15 is 0 Å². The van der Waals surface area contributed by atoms with Crippen LogP contribution in [0.25, 0.3) is 0 Å². The van der Waals surface area contributed by atoms with Crippen molar-refractivity contribution in [3.05, 3.63) is 40.7 Å². The fourth-order valence-corrected chi connectivity index (χ4v) is 3.67. The van der Waals surface area contributed by atoms with Crippen LogP contribution >= 0.6 is 11.8 Å². The summed E-state index contributed by atoms with van der Waals surface area (Å²) in [6.45, 7) is 9.01. The second-order valence-electron chi connectivity index (χ2n) is 6.28. The Morgan fingerprint density at radius 1 is 1.30 bits per heavy atom. The third kappa shape index (κ3) is 3.34. The zero-order valence-electron chi connectivity index (χ0n) is 14.2. The molecule has 1 aliphatic rings. The highest BCUT2D eigenvalue weighted by Crippen LogP contribution is 2.40. The maximum atomic E-state index is 12.7. The van der Waals surface area contributed by atoms with Gasteiger partial charge in [0.05, 0.1) is 5.25 Å². The topological polar surface area (TPSA) is 47.8 Å². The first kappa shape index (κ1) is 16.2. The van der Waals surface area contributed by atoms with E-state index in [1.54, 1.807) is 0 Å². The number of aryl methyl sites for hydroxylation is 2. The number of carbonyl (C=O) groups is 1. The van der Waals surface area contributed by atoms with E-state index < -0.39 is 0 Å². The summed E-state index contributed by atoms with van der Waals surface area (Å²) in [5, 5.41) is 9.35. The summed E-state index contributed by atoms with van der Waals surface area (Å²) in [6, 6.07) is 5.91. The van der Waals surface area contributed by atoms with Gasteiger partial charge >= 0.3 is 0 Å². The van der Waals surface area contributed by atoms with Gasteiger partial charge in [0.15, 0.2) is 10.9 Å². The van der Waals surface area contributed by atoms with Gasteiger partial charge in [-0.3, -0.25) is 4.79 Å². The number of ketones is 1. The van der Waals surface area contributed by atoms with E-state index in [1.807, 2.05) is 32.0 Å². The minimum atomic E-state index is -0.168. The van der Waals surface area contributed by atoms with Gasteiger partial charge in [-0.2, -0.15) is 0 Å². The molecule has 3 rings (SSSR count). The minimum Gasteiger partial charge on any atom is -0.306 e. The first-order valence-electron chi connectivity index (χ1n) is 8.22. The zero-order chi connectivity index (χ0) is 16.6. The summed E-state index contributed by atoms with van der Waals surface area (Å²) in [5.41, 5.74) is 3.14. The first-order chi connectivity index (χ1) is 11.0. The Kier molecular flexibility index (Phi) is 4.57. The monoisotopic (exact) mass is 329 g/mol. The smallest absolute Gasteiger partial charge is 0.191 e. The van der Waals surface area contributed by atoms with Crippen LogP contribution in [0.5, 0.6) is 0 Å².